The molecule has 18 heavy (non-hydrogen) atoms. The highest BCUT2D eigenvalue weighted by molar-refractivity contribution is 6.03. The molecule has 0 aromatic heterocycles. The van der Waals surface area contributed by atoms with Gasteiger partial charge in [0.25, 0.3) is 0 Å². The normalized spacial score (nSPS) is 12.2. The predicted molar refractivity (Wildman–Crippen MR) is 70.0 cm³/mol. The molecule has 0 spiro atoms. The lowest BCUT2D eigenvalue weighted by Gasteiger charge is -2.29. The van der Waals surface area contributed by atoms with E-state index >= 15 is 0 Å². The van der Waals surface area contributed by atoms with Crippen LogP contribution in [0, 0.1) is 5.41 Å². The number of hydrogen-bond acceptors (Lipinski definition) is 4. The minimum absolute atomic E-state index is 0.251. The largest absolute Gasteiger partial charge is 0.465 e. The highest BCUT2D eigenvalue weighted by Gasteiger charge is 2.49. The van der Waals surface area contributed by atoms with E-state index in [2.05, 4.69) is 0 Å². The summed E-state index contributed by atoms with van der Waals surface area (Å²) in [7, 11) is 0. The average molecular weight is 256 g/mol. The number of allylic oxidation sites excluding steroid dienone is 1. The molecular formula is C14H24O4. The summed E-state index contributed by atoms with van der Waals surface area (Å²) < 4.78 is 10.1. The Bertz CT molecular complexity index is 300. The Kier molecular flexibility index (Phi) is 7.32. The van der Waals surface area contributed by atoms with Crippen LogP contribution in [0.3, 0.4) is 0 Å². The highest BCUT2D eigenvalue weighted by Crippen LogP contribution is 2.36. The first-order chi connectivity index (χ1) is 8.50. The van der Waals surface area contributed by atoms with Crippen molar-refractivity contribution in [1.29, 1.82) is 0 Å². The molecule has 0 aliphatic heterocycles. The highest BCUT2D eigenvalue weighted by atomic mass is 16.6. The molecule has 104 valence electrons. The van der Waals surface area contributed by atoms with Crippen LogP contribution in [0.2, 0.25) is 0 Å². The molecule has 0 saturated heterocycles. The van der Waals surface area contributed by atoms with Crippen molar-refractivity contribution in [2.75, 3.05) is 13.2 Å². The van der Waals surface area contributed by atoms with Gasteiger partial charge in [-0.25, -0.2) is 0 Å². The second-order valence-electron chi connectivity index (χ2n) is 4.07. The summed E-state index contributed by atoms with van der Waals surface area (Å²) in [6, 6.07) is 0. The molecule has 4 nitrogen and oxygen atoms in total. The van der Waals surface area contributed by atoms with Crippen molar-refractivity contribution >= 4 is 11.9 Å². The topological polar surface area (TPSA) is 52.6 Å². The number of rotatable bonds is 7. The van der Waals surface area contributed by atoms with Gasteiger partial charge in [-0.2, -0.15) is 0 Å². The lowest BCUT2D eigenvalue weighted by atomic mass is 9.76. The molecule has 0 atom stereocenters. The molecule has 0 heterocycles. The van der Waals surface area contributed by atoms with Gasteiger partial charge >= 0.3 is 11.9 Å². The molecule has 0 radical (unpaired) electrons. The molecule has 0 bridgehead atoms. The summed E-state index contributed by atoms with van der Waals surface area (Å²) in [6.45, 7) is 9.45. The van der Waals surface area contributed by atoms with Crippen LogP contribution in [0.25, 0.3) is 0 Å². The van der Waals surface area contributed by atoms with Gasteiger partial charge in [0, 0.05) is 0 Å². The van der Waals surface area contributed by atoms with Crippen LogP contribution in [0.1, 0.15) is 47.5 Å². The quantitative estimate of drug-likeness (QED) is 0.399. The average Bonchev–Trinajstić information content (AvgIpc) is 2.35. The number of carbonyl (C=O) groups excluding carboxylic acids is 2. The number of esters is 2. The molecule has 0 aliphatic rings. The molecule has 0 saturated carbocycles. The summed E-state index contributed by atoms with van der Waals surface area (Å²) in [5, 5.41) is 0. The fraction of sp³-hybridized carbons (Fsp3) is 0.714. The van der Waals surface area contributed by atoms with Crippen molar-refractivity contribution in [2.45, 2.75) is 47.5 Å². The fourth-order valence-electron chi connectivity index (χ4n) is 1.94. The van der Waals surface area contributed by atoms with E-state index in [1.165, 1.54) is 0 Å². The molecule has 0 aromatic rings. The number of ether oxygens (including phenoxy) is 2. The maximum absolute atomic E-state index is 12.2. The summed E-state index contributed by atoms with van der Waals surface area (Å²) in [5.74, 6) is -1.03. The third kappa shape index (κ3) is 3.34. The van der Waals surface area contributed by atoms with Crippen LogP contribution in [-0.2, 0) is 19.1 Å². The smallest absolute Gasteiger partial charge is 0.327 e. The molecular weight excluding hydrogens is 232 g/mol. The van der Waals surface area contributed by atoms with Gasteiger partial charge in [-0.15, -0.1) is 0 Å². The van der Waals surface area contributed by atoms with E-state index in [4.69, 9.17) is 9.47 Å². The Labute approximate surface area is 109 Å². The van der Waals surface area contributed by atoms with Gasteiger partial charge < -0.3 is 9.47 Å². The Balaban J connectivity index is 5.56. The molecule has 0 unspecified atom stereocenters. The second kappa shape index (κ2) is 7.90. The maximum atomic E-state index is 12.2. The van der Waals surface area contributed by atoms with Gasteiger partial charge in [0.05, 0.1) is 13.2 Å². The van der Waals surface area contributed by atoms with Crippen molar-refractivity contribution in [3.8, 4) is 0 Å². The van der Waals surface area contributed by atoms with Crippen molar-refractivity contribution in [2.24, 2.45) is 5.41 Å². The zero-order chi connectivity index (χ0) is 14.2. The van der Waals surface area contributed by atoms with E-state index in [0.717, 1.165) is 0 Å². The Morgan fingerprint density at radius 2 is 1.50 bits per heavy atom. The number of hydrogen-bond donors (Lipinski definition) is 0. The van der Waals surface area contributed by atoms with Crippen LogP contribution in [-0.4, -0.2) is 25.2 Å². The summed E-state index contributed by atoms with van der Waals surface area (Å²) in [4.78, 5) is 24.4. The van der Waals surface area contributed by atoms with Crippen LogP contribution in [0.5, 0.6) is 0 Å². The molecule has 0 rings (SSSR count). The van der Waals surface area contributed by atoms with E-state index in [0.29, 0.717) is 18.4 Å². The van der Waals surface area contributed by atoms with Crippen molar-refractivity contribution in [3.63, 3.8) is 0 Å². The van der Waals surface area contributed by atoms with E-state index in [1.54, 1.807) is 33.8 Å². The first-order valence-electron chi connectivity index (χ1n) is 6.48. The van der Waals surface area contributed by atoms with E-state index in [1.807, 2.05) is 6.92 Å². The molecule has 0 fully saturated rings. The lowest BCUT2D eigenvalue weighted by molar-refractivity contribution is -0.169. The van der Waals surface area contributed by atoms with E-state index < -0.39 is 17.4 Å². The number of carbonyl (C=O) groups is 2. The Morgan fingerprint density at radius 3 is 1.78 bits per heavy atom. The van der Waals surface area contributed by atoms with Gasteiger partial charge in [0.1, 0.15) is 0 Å². The fourth-order valence-corrected chi connectivity index (χ4v) is 1.94. The lowest BCUT2D eigenvalue weighted by Crippen LogP contribution is -2.43. The van der Waals surface area contributed by atoms with Gasteiger partial charge in [0.2, 0.25) is 0 Å². The van der Waals surface area contributed by atoms with Crippen molar-refractivity contribution in [3.05, 3.63) is 11.6 Å². The molecule has 0 amide bonds. The summed E-state index contributed by atoms with van der Waals surface area (Å²) in [6.07, 6.45) is 2.87. The van der Waals surface area contributed by atoms with Gasteiger partial charge in [-0.3, -0.25) is 9.59 Å². The van der Waals surface area contributed by atoms with Crippen LogP contribution < -0.4 is 0 Å². The Morgan fingerprint density at radius 1 is 1.06 bits per heavy atom. The van der Waals surface area contributed by atoms with Crippen LogP contribution in [0.4, 0.5) is 0 Å². The third-order valence-electron chi connectivity index (χ3n) is 2.98. The van der Waals surface area contributed by atoms with E-state index in [-0.39, 0.29) is 13.2 Å². The molecule has 4 heteroatoms. The zero-order valence-electron chi connectivity index (χ0n) is 12.0. The Hall–Kier alpha value is -1.32. The second-order valence-corrected chi connectivity index (χ2v) is 4.07. The van der Waals surface area contributed by atoms with Gasteiger partial charge in [0.15, 0.2) is 5.41 Å². The van der Waals surface area contributed by atoms with Gasteiger partial charge in [-0.05, 0) is 39.7 Å². The predicted octanol–water partition coefficient (Wildman–Crippen LogP) is 2.87. The summed E-state index contributed by atoms with van der Waals surface area (Å²) in [5.41, 5.74) is -0.601. The van der Waals surface area contributed by atoms with Gasteiger partial charge in [-0.1, -0.05) is 19.4 Å². The van der Waals surface area contributed by atoms with Crippen molar-refractivity contribution in [1.82, 2.24) is 0 Å². The molecule has 0 aromatic carbocycles. The first-order valence-corrected chi connectivity index (χ1v) is 6.48. The molecule has 0 N–H and O–H groups in total. The summed E-state index contributed by atoms with van der Waals surface area (Å²) >= 11 is 0. The monoisotopic (exact) mass is 256 g/mol. The minimum Gasteiger partial charge on any atom is -0.465 e. The minimum atomic E-state index is -1.28. The molecule has 0 aliphatic carbocycles. The maximum Gasteiger partial charge on any atom is 0.327 e. The van der Waals surface area contributed by atoms with Crippen LogP contribution in [0.15, 0.2) is 11.6 Å². The SMILES string of the molecule is CC=C(C)C(CCC)(C(=O)OCC)C(=O)OCC. The standard InChI is InChI=1S/C14H24O4/c1-6-10-14(11(5)7-2,12(15)17-8-3)13(16)18-9-4/h7H,6,8-10H2,1-5H3. The third-order valence-corrected chi connectivity index (χ3v) is 2.98. The van der Waals surface area contributed by atoms with Crippen molar-refractivity contribution < 1.29 is 19.1 Å². The first kappa shape index (κ1) is 16.7. The van der Waals surface area contributed by atoms with E-state index in [9.17, 15) is 9.59 Å². The zero-order valence-corrected chi connectivity index (χ0v) is 12.0. The van der Waals surface area contributed by atoms with Crippen LogP contribution >= 0.6 is 0 Å².